The largest absolute Gasteiger partial charge is 0.494 e. The lowest BCUT2D eigenvalue weighted by molar-refractivity contribution is 0.0955. The lowest BCUT2D eigenvalue weighted by Gasteiger charge is -2.12. The number of nitrogens with one attached hydrogen (secondary N) is 1. The molecule has 0 spiro atoms. The van der Waals surface area contributed by atoms with Crippen molar-refractivity contribution < 1.29 is 9.53 Å². The van der Waals surface area contributed by atoms with Gasteiger partial charge in [0.2, 0.25) is 5.95 Å². The van der Waals surface area contributed by atoms with E-state index in [2.05, 4.69) is 22.2 Å². The number of aryl methyl sites for hydroxylation is 1. The van der Waals surface area contributed by atoms with Crippen LogP contribution in [0.4, 0.5) is 5.95 Å². The molecule has 0 saturated carbocycles. The molecule has 2 aromatic rings. The molecule has 0 radical (unpaired) electrons. The van der Waals surface area contributed by atoms with Crippen molar-refractivity contribution in [3.8, 4) is 17.0 Å². The molecule has 1 amide bonds. The maximum atomic E-state index is 12.3. The van der Waals surface area contributed by atoms with Crippen LogP contribution in [0.15, 0.2) is 24.3 Å². The van der Waals surface area contributed by atoms with Crippen molar-refractivity contribution >= 4 is 11.9 Å². The highest BCUT2D eigenvalue weighted by atomic mass is 16.5. The summed E-state index contributed by atoms with van der Waals surface area (Å²) < 4.78 is 5.57. The van der Waals surface area contributed by atoms with Crippen molar-refractivity contribution in [3.63, 3.8) is 0 Å². The number of carbonyl (C=O) groups excluding carboxylic acids is 1. The van der Waals surface area contributed by atoms with Crippen LogP contribution in [0.3, 0.4) is 0 Å². The summed E-state index contributed by atoms with van der Waals surface area (Å²) in [6.07, 6.45) is 0.949. The predicted octanol–water partition coefficient (Wildman–Crippen LogP) is 2.57. The van der Waals surface area contributed by atoms with E-state index in [9.17, 15) is 4.79 Å². The summed E-state index contributed by atoms with van der Waals surface area (Å²) in [5.74, 6) is 0.733. The molecule has 1 aromatic carbocycles. The number of aromatic nitrogens is 2. The molecule has 1 heterocycles. The first-order valence-electron chi connectivity index (χ1n) is 7.72. The molecule has 122 valence electrons. The SMILES string of the molecule is CCCOc1ccc(-c2nc(N)nc(C)c2C(=O)NCC)cc1. The third kappa shape index (κ3) is 3.97. The van der Waals surface area contributed by atoms with Gasteiger partial charge >= 0.3 is 0 Å². The molecule has 0 saturated heterocycles. The van der Waals surface area contributed by atoms with Crippen LogP contribution in [0.2, 0.25) is 0 Å². The minimum absolute atomic E-state index is 0.150. The number of hydrogen-bond donors (Lipinski definition) is 2. The summed E-state index contributed by atoms with van der Waals surface area (Å²) in [5.41, 5.74) is 8.09. The van der Waals surface area contributed by atoms with E-state index >= 15 is 0 Å². The van der Waals surface area contributed by atoms with Gasteiger partial charge in [0.15, 0.2) is 0 Å². The van der Waals surface area contributed by atoms with Crippen LogP contribution < -0.4 is 15.8 Å². The van der Waals surface area contributed by atoms with Crippen LogP contribution in [0.5, 0.6) is 5.75 Å². The van der Waals surface area contributed by atoms with Gasteiger partial charge in [0.25, 0.3) is 5.91 Å². The first-order chi connectivity index (χ1) is 11.1. The van der Waals surface area contributed by atoms with Crippen LogP contribution in [0.25, 0.3) is 11.3 Å². The van der Waals surface area contributed by atoms with E-state index in [-0.39, 0.29) is 11.9 Å². The van der Waals surface area contributed by atoms with E-state index in [1.54, 1.807) is 6.92 Å². The zero-order chi connectivity index (χ0) is 16.8. The predicted molar refractivity (Wildman–Crippen MR) is 90.4 cm³/mol. The monoisotopic (exact) mass is 314 g/mol. The number of carbonyl (C=O) groups is 1. The zero-order valence-electron chi connectivity index (χ0n) is 13.7. The number of nitrogens with two attached hydrogens (primary N) is 1. The van der Waals surface area contributed by atoms with E-state index in [1.165, 1.54) is 0 Å². The standard InChI is InChI=1S/C17H22N4O2/c1-4-10-23-13-8-6-12(7-9-13)15-14(16(22)19-5-2)11(3)20-17(18)21-15/h6-9H,4-5,10H2,1-3H3,(H,19,22)(H2,18,20,21). The first kappa shape index (κ1) is 16.7. The highest BCUT2D eigenvalue weighted by Crippen LogP contribution is 2.26. The molecule has 3 N–H and O–H groups in total. The van der Waals surface area contributed by atoms with Crippen molar-refractivity contribution in [1.82, 2.24) is 15.3 Å². The molecular weight excluding hydrogens is 292 g/mol. The average Bonchev–Trinajstić information content (AvgIpc) is 2.52. The summed E-state index contributed by atoms with van der Waals surface area (Å²) in [4.78, 5) is 20.7. The molecule has 0 atom stereocenters. The molecule has 23 heavy (non-hydrogen) atoms. The fourth-order valence-corrected chi connectivity index (χ4v) is 2.25. The Morgan fingerprint density at radius 2 is 1.91 bits per heavy atom. The summed E-state index contributed by atoms with van der Waals surface area (Å²) in [5, 5.41) is 2.79. The number of benzene rings is 1. The summed E-state index contributed by atoms with van der Waals surface area (Å²) in [7, 11) is 0. The summed E-state index contributed by atoms with van der Waals surface area (Å²) in [6.45, 7) is 6.88. The topological polar surface area (TPSA) is 90.1 Å². The molecule has 0 aliphatic carbocycles. The Morgan fingerprint density at radius 1 is 1.22 bits per heavy atom. The highest BCUT2D eigenvalue weighted by molar-refractivity contribution is 6.01. The number of amides is 1. The van der Waals surface area contributed by atoms with Crippen molar-refractivity contribution in [2.45, 2.75) is 27.2 Å². The Balaban J connectivity index is 2.43. The van der Waals surface area contributed by atoms with Crippen LogP contribution in [-0.2, 0) is 0 Å². The van der Waals surface area contributed by atoms with Crippen LogP contribution in [0, 0.1) is 6.92 Å². The van der Waals surface area contributed by atoms with Crippen molar-refractivity contribution in [2.75, 3.05) is 18.9 Å². The Morgan fingerprint density at radius 3 is 2.52 bits per heavy atom. The smallest absolute Gasteiger partial charge is 0.255 e. The Hall–Kier alpha value is -2.63. The van der Waals surface area contributed by atoms with Crippen LogP contribution in [0.1, 0.15) is 36.3 Å². The van der Waals surface area contributed by atoms with E-state index in [4.69, 9.17) is 10.5 Å². The van der Waals surface area contributed by atoms with Gasteiger partial charge in [-0.05, 0) is 44.5 Å². The van der Waals surface area contributed by atoms with Gasteiger partial charge in [-0.2, -0.15) is 0 Å². The quantitative estimate of drug-likeness (QED) is 0.855. The van der Waals surface area contributed by atoms with Gasteiger partial charge < -0.3 is 15.8 Å². The van der Waals surface area contributed by atoms with Gasteiger partial charge in [0, 0.05) is 12.1 Å². The van der Waals surface area contributed by atoms with Crippen LogP contribution in [-0.4, -0.2) is 29.0 Å². The first-order valence-corrected chi connectivity index (χ1v) is 7.72. The molecule has 6 nitrogen and oxygen atoms in total. The Kier molecular flexibility index (Phi) is 5.51. The molecular formula is C17H22N4O2. The third-order valence-electron chi connectivity index (χ3n) is 3.27. The number of anilines is 1. The minimum atomic E-state index is -0.202. The number of nitrogen functional groups attached to an aromatic ring is 1. The normalized spacial score (nSPS) is 10.4. The van der Waals surface area contributed by atoms with E-state index in [0.717, 1.165) is 17.7 Å². The second-order valence-electron chi connectivity index (χ2n) is 5.12. The molecule has 1 aromatic heterocycles. The molecule has 2 rings (SSSR count). The maximum absolute atomic E-state index is 12.3. The highest BCUT2D eigenvalue weighted by Gasteiger charge is 2.19. The molecule has 0 unspecified atom stereocenters. The minimum Gasteiger partial charge on any atom is -0.494 e. The fourth-order valence-electron chi connectivity index (χ4n) is 2.25. The maximum Gasteiger partial charge on any atom is 0.255 e. The van der Waals surface area contributed by atoms with E-state index in [0.29, 0.717) is 30.1 Å². The fraction of sp³-hybridized carbons (Fsp3) is 0.353. The molecule has 0 bridgehead atoms. The zero-order valence-corrected chi connectivity index (χ0v) is 13.7. The van der Waals surface area contributed by atoms with Crippen molar-refractivity contribution in [2.24, 2.45) is 0 Å². The van der Waals surface area contributed by atoms with Crippen molar-refractivity contribution in [1.29, 1.82) is 0 Å². The summed E-state index contributed by atoms with van der Waals surface area (Å²) >= 11 is 0. The third-order valence-corrected chi connectivity index (χ3v) is 3.27. The van der Waals surface area contributed by atoms with Gasteiger partial charge in [0.1, 0.15) is 5.75 Å². The Labute approximate surface area is 136 Å². The van der Waals surface area contributed by atoms with Gasteiger partial charge in [-0.1, -0.05) is 6.92 Å². The number of nitrogens with zero attached hydrogens (tertiary/aromatic N) is 2. The average molecular weight is 314 g/mol. The van der Waals surface area contributed by atoms with Crippen molar-refractivity contribution in [3.05, 3.63) is 35.5 Å². The van der Waals surface area contributed by atoms with Gasteiger partial charge in [-0.15, -0.1) is 0 Å². The van der Waals surface area contributed by atoms with Crippen LogP contribution >= 0.6 is 0 Å². The Bertz CT molecular complexity index is 684. The van der Waals surface area contributed by atoms with Gasteiger partial charge in [-0.3, -0.25) is 4.79 Å². The second-order valence-corrected chi connectivity index (χ2v) is 5.12. The van der Waals surface area contributed by atoms with Gasteiger partial charge in [0.05, 0.1) is 23.6 Å². The molecule has 0 aliphatic rings. The number of hydrogen-bond acceptors (Lipinski definition) is 5. The van der Waals surface area contributed by atoms with E-state index < -0.39 is 0 Å². The van der Waals surface area contributed by atoms with E-state index in [1.807, 2.05) is 31.2 Å². The molecule has 6 heteroatoms. The number of ether oxygens (including phenoxy) is 1. The molecule has 0 fully saturated rings. The second kappa shape index (κ2) is 7.58. The van der Waals surface area contributed by atoms with Gasteiger partial charge in [-0.25, -0.2) is 9.97 Å². The summed E-state index contributed by atoms with van der Waals surface area (Å²) in [6, 6.07) is 7.46. The number of rotatable bonds is 6. The lowest BCUT2D eigenvalue weighted by atomic mass is 10.0. The lowest BCUT2D eigenvalue weighted by Crippen LogP contribution is -2.25. The molecule has 0 aliphatic heterocycles.